The SMILES string of the molecule is CCNc1ccc(Cl)c(CSc2ccc(Cl)c(Cl)c2)n1. The molecule has 106 valence electrons. The van der Waals surface area contributed by atoms with E-state index in [9.17, 15) is 0 Å². The van der Waals surface area contributed by atoms with Gasteiger partial charge in [0.2, 0.25) is 0 Å². The smallest absolute Gasteiger partial charge is 0.126 e. The highest BCUT2D eigenvalue weighted by Gasteiger charge is 2.06. The van der Waals surface area contributed by atoms with Crippen molar-refractivity contribution in [3.8, 4) is 0 Å². The standard InChI is InChI=1S/C14H13Cl3N2S/c1-2-18-14-6-5-11(16)13(19-14)8-20-9-3-4-10(15)12(17)7-9/h3-7H,2,8H2,1H3,(H,18,19). The summed E-state index contributed by atoms with van der Waals surface area (Å²) >= 11 is 19.7. The van der Waals surface area contributed by atoms with Crippen LogP contribution in [0.4, 0.5) is 5.82 Å². The molecule has 0 aliphatic carbocycles. The first-order valence-corrected chi connectivity index (χ1v) is 8.19. The van der Waals surface area contributed by atoms with Crippen LogP contribution in [0.3, 0.4) is 0 Å². The van der Waals surface area contributed by atoms with Crippen molar-refractivity contribution in [3.05, 3.63) is 51.1 Å². The first kappa shape index (κ1) is 15.8. The molecule has 0 spiro atoms. The lowest BCUT2D eigenvalue weighted by atomic mass is 10.3. The third-order valence-corrected chi connectivity index (χ3v) is 4.63. The third-order valence-electron chi connectivity index (χ3n) is 2.54. The van der Waals surface area contributed by atoms with Gasteiger partial charge in [0, 0.05) is 17.2 Å². The highest BCUT2D eigenvalue weighted by Crippen LogP contribution is 2.31. The number of nitrogens with zero attached hydrogens (tertiary/aromatic N) is 1. The molecule has 0 aliphatic rings. The quantitative estimate of drug-likeness (QED) is 0.695. The monoisotopic (exact) mass is 346 g/mol. The van der Waals surface area contributed by atoms with Crippen molar-refractivity contribution < 1.29 is 0 Å². The van der Waals surface area contributed by atoms with E-state index in [1.165, 1.54) is 0 Å². The average molecular weight is 348 g/mol. The normalized spacial score (nSPS) is 10.6. The van der Waals surface area contributed by atoms with Crippen LogP contribution in [0.25, 0.3) is 0 Å². The van der Waals surface area contributed by atoms with Crippen LogP contribution in [-0.4, -0.2) is 11.5 Å². The van der Waals surface area contributed by atoms with Gasteiger partial charge in [-0.3, -0.25) is 0 Å². The minimum absolute atomic E-state index is 0.553. The van der Waals surface area contributed by atoms with Gasteiger partial charge in [0.15, 0.2) is 0 Å². The lowest BCUT2D eigenvalue weighted by molar-refractivity contribution is 1.11. The summed E-state index contributed by atoms with van der Waals surface area (Å²) in [4.78, 5) is 5.53. The first-order valence-electron chi connectivity index (χ1n) is 6.07. The molecule has 0 bridgehead atoms. The molecule has 1 heterocycles. The van der Waals surface area contributed by atoms with Gasteiger partial charge in [-0.05, 0) is 37.3 Å². The second kappa shape index (κ2) is 7.41. The van der Waals surface area contributed by atoms with Crippen molar-refractivity contribution in [2.24, 2.45) is 0 Å². The molecule has 2 rings (SSSR count). The third kappa shape index (κ3) is 4.19. The van der Waals surface area contributed by atoms with E-state index >= 15 is 0 Å². The topological polar surface area (TPSA) is 24.9 Å². The molecular formula is C14H13Cl3N2S. The van der Waals surface area contributed by atoms with Gasteiger partial charge < -0.3 is 5.32 Å². The molecule has 0 aliphatic heterocycles. The molecular weight excluding hydrogens is 335 g/mol. The number of anilines is 1. The predicted molar refractivity (Wildman–Crippen MR) is 89.4 cm³/mol. The fraction of sp³-hybridized carbons (Fsp3) is 0.214. The van der Waals surface area contributed by atoms with Crippen molar-refractivity contribution in [2.75, 3.05) is 11.9 Å². The van der Waals surface area contributed by atoms with Crippen molar-refractivity contribution in [2.45, 2.75) is 17.6 Å². The molecule has 0 unspecified atom stereocenters. The number of rotatable bonds is 5. The van der Waals surface area contributed by atoms with Gasteiger partial charge >= 0.3 is 0 Å². The summed E-state index contributed by atoms with van der Waals surface area (Å²) in [6.07, 6.45) is 0. The van der Waals surface area contributed by atoms with E-state index in [2.05, 4.69) is 10.3 Å². The Morgan fingerprint density at radius 3 is 2.50 bits per heavy atom. The maximum absolute atomic E-state index is 6.17. The van der Waals surface area contributed by atoms with Gasteiger partial charge in [-0.15, -0.1) is 11.8 Å². The number of halogens is 3. The van der Waals surface area contributed by atoms with Crippen molar-refractivity contribution in [1.82, 2.24) is 4.98 Å². The molecule has 0 atom stereocenters. The Bertz CT molecular complexity index is 605. The van der Waals surface area contributed by atoms with Crippen LogP contribution in [-0.2, 0) is 5.75 Å². The lowest BCUT2D eigenvalue weighted by Gasteiger charge is -2.08. The molecule has 1 aromatic heterocycles. The Hall–Kier alpha value is -0.610. The molecule has 0 amide bonds. The number of pyridine rings is 1. The Morgan fingerprint density at radius 2 is 1.80 bits per heavy atom. The summed E-state index contributed by atoms with van der Waals surface area (Å²) in [5.41, 5.74) is 0.848. The zero-order valence-electron chi connectivity index (χ0n) is 10.8. The molecule has 2 nitrogen and oxygen atoms in total. The lowest BCUT2D eigenvalue weighted by Crippen LogP contribution is -2.01. The molecule has 0 radical (unpaired) electrons. The van der Waals surface area contributed by atoms with Gasteiger partial charge in [0.1, 0.15) is 5.82 Å². The van der Waals surface area contributed by atoms with Crippen LogP contribution in [0, 0.1) is 0 Å². The molecule has 0 saturated carbocycles. The number of thioether (sulfide) groups is 1. The summed E-state index contributed by atoms with van der Waals surface area (Å²) in [5.74, 6) is 1.51. The Balaban J connectivity index is 2.09. The Morgan fingerprint density at radius 1 is 1.05 bits per heavy atom. The molecule has 1 N–H and O–H groups in total. The fourth-order valence-electron chi connectivity index (χ4n) is 1.58. The van der Waals surface area contributed by atoms with Crippen LogP contribution in [0.5, 0.6) is 0 Å². The van der Waals surface area contributed by atoms with Crippen LogP contribution >= 0.6 is 46.6 Å². The van der Waals surface area contributed by atoms with Gasteiger partial charge in [-0.25, -0.2) is 4.98 Å². The van der Waals surface area contributed by atoms with E-state index in [0.29, 0.717) is 20.8 Å². The highest BCUT2D eigenvalue weighted by molar-refractivity contribution is 7.98. The van der Waals surface area contributed by atoms with E-state index in [0.717, 1.165) is 23.0 Å². The summed E-state index contributed by atoms with van der Waals surface area (Å²) < 4.78 is 0. The number of hydrogen-bond acceptors (Lipinski definition) is 3. The van der Waals surface area contributed by atoms with E-state index < -0.39 is 0 Å². The van der Waals surface area contributed by atoms with E-state index in [1.54, 1.807) is 17.8 Å². The summed E-state index contributed by atoms with van der Waals surface area (Å²) in [5, 5.41) is 4.95. The number of benzene rings is 1. The van der Waals surface area contributed by atoms with Crippen LogP contribution < -0.4 is 5.32 Å². The van der Waals surface area contributed by atoms with Gasteiger partial charge in [0.25, 0.3) is 0 Å². The fourth-order valence-corrected chi connectivity index (χ4v) is 3.09. The minimum Gasteiger partial charge on any atom is -0.370 e. The van der Waals surface area contributed by atoms with Gasteiger partial charge in [0.05, 0.1) is 20.8 Å². The zero-order chi connectivity index (χ0) is 14.5. The van der Waals surface area contributed by atoms with Crippen molar-refractivity contribution in [3.63, 3.8) is 0 Å². The largest absolute Gasteiger partial charge is 0.370 e. The maximum Gasteiger partial charge on any atom is 0.126 e. The molecule has 20 heavy (non-hydrogen) atoms. The van der Waals surface area contributed by atoms with Crippen molar-refractivity contribution >= 4 is 52.4 Å². The minimum atomic E-state index is 0.553. The van der Waals surface area contributed by atoms with E-state index in [1.807, 2.05) is 31.2 Å². The Kier molecular flexibility index (Phi) is 5.85. The molecule has 6 heteroatoms. The molecule has 1 aromatic carbocycles. The molecule has 0 saturated heterocycles. The van der Waals surface area contributed by atoms with Gasteiger partial charge in [-0.1, -0.05) is 34.8 Å². The summed E-state index contributed by atoms with van der Waals surface area (Å²) in [6, 6.07) is 9.30. The zero-order valence-corrected chi connectivity index (χ0v) is 13.9. The first-order chi connectivity index (χ1) is 9.60. The molecule has 0 fully saturated rings. The van der Waals surface area contributed by atoms with Crippen LogP contribution in [0.15, 0.2) is 35.2 Å². The molecule has 2 aromatic rings. The highest BCUT2D eigenvalue weighted by atomic mass is 35.5. The predicted octanol–water partition coefficient (Wildman–Crippen LogP) is 5.77. The van der Waals surface area contributed by atoms with Crippen molar-refractivity contribution in [1.29, 1.82) is 0 Å². The number of hydrogen-bond donors (Lipinski definition) is 1. The number of aromatic nitrogens is 1. The Labute approximate surface area is 137 Å². The van der Waals surface area contributed by atoms with Crippen LogP contribution in [0.1, 0.15) is 12.6 Å². The summed E-state index contributed by atoms with van der Waals surface area (Å²) in [7, 11) is 0. The van der Waals surface area contributed by atoms with Gasteiger partial charge in [-0.2, -0.15) is 0 Å². The van der Waals surface area contributed by atoms with Crippen LogP contribution in [0.2, 0.25) is 15.1 Å². The van der Waals surface area contributed by atoms with E-state index in [4.69, 9.17) is 34.8 Å². The average Bonchev–Trinajstić information content (AvgIpc) is 2.43. The maximum atomic E-state index is 6.17. The second-order valence-electron chi connectivity index (χ2n) is 4.02. The number of nitrogens with one attached hydrogen (secondary N) is 1. The second-order valence-corrected chi connectivity index (χ2v) is 6.29. The summed E-state index contributed by atoms with van der Waals surface area (Å²) in [6.45, 7) is 2.86. The van der Waals surface area contributed by atoms with E-state index in [-0.39, 0.29) is 0 Å².